The van der Waals surface area contributed by atoms with Crippen LogP contribution in [0.1, 0.15) is 32.6 Å². The molecular formula is C9H18N4. The first kappa shape index (κ1) is 9.89. The molecule has 0 unspecified atom stereocenters. The molecule has 13 heavy (non-hydrogen) atoms. The quantitative estimate of drug-likeness (QED) is 0.680. The zero-order chi connectivity index (χ0) is 9.68. The molecule has 0 atom stereocenters. The lowest BCUT2D eigenvalue weighted by Crippen LogP contribution is -2.03. The maximum absolute atomic E-state index is 5.69. The Morgan fingerprint density at radius 2 is 2.08 bits per heavy atom. The highest BCUT2D eigenvalue weighted by molar-refractivity contribution is 5.52. The van der Waals surface area contributed by atoms with Crippen LogP contribution in [-0.4, -0.2) is 9.55 Å². The van der Waals surface area contributed by atoms with Crippen molar-refractivity contribution in [2.24, 2.45) is 0 Å². The van der Waals surface area contributed by atoms with Crippen molar-refractivity contribution < 1.29 is 0 Å². The summed E-state index contributed by atoms with van der Waals surface area (Å²) in [7, 11) is 0. The molecule has 0 aliphatic rings. The molecule has 0 aliphatic heterocycles. The molecular weight excluding hydrogens is 164 g/mol. The second-order valence-corrected chi connectivity index (χ2v) is 3.27. The summed E-state index contributed by atoms with van der Waals surface area (Å²) in [5.41, 5.74) is 11.2. The highest BCUT2D eigenvalue weighted by atomic mass is 15.1. The molecule has 0 amide bonds. The van der Waals surface area contributed by atoms with Crippen molar-refractivity contribution in [3.63, 3.8) is 0 Å². The van der Waals surface area contributed by atoms with Crippen LogP contribution >= 0.6 is 0 Å². The Labute approximate surface area is 78.9 Å². The van der Waals surface area contributed by atoms with Gasteiger partial charge in [-0.1, -0.05) is 26.2 Å². The first-order valence-corrected chi connectivity index (χ1v) is 4.81. The number of hydrogen-bond acceptors (Lipinski definition) is 3. The number of rotatable bonds is 5. The van der Waals surface area contributed by atoms with E-state index in [1.165, 1.54) is 19.3 Å². The minimum Gasteiger partial charge on any atom is -0.382 e. The lowest BCUT2D eigenvalue weighted by Gasteiger charge is -2.03. The van der Waals surface area contributed by atoms with E-state index in [0.29, 0.717) is 11.6 Å². The smallest absolute Gasteiger partial charge is 0.166 e. The van der Waals surface area contributed by atoms with E-state index in [-0.39, 0.29) is 0 Å². The van der Waals surface area contributed by atoms with E-state index < -0.39 is 0 Å². The molecule has 0 saturated heterocycles. The van der Waals surface area contributed by atoms with Crippen LogP contribution in [0.15, 0.2) is 6.33 Å². The summed E-state index contributed by atoms with van der Waals surface area (Å²) in [6, 6.07) is 0. The van der Waals surface area contributed by atoms with Gasteiger partial charge in [0.05, 0.1) is 6.33 Å². The molecule has 1 rings (SSSR count). The van der Waals surface area contributed by atoms with Crippen molar-refractivity contribution in [3.05, 3.63) is 6.33 Å². The largest absolute Gasteiger partial charge is 0.382 e. The number of imidazole rings is 1. The molecule has 0 spiro atoms. The molecule has 1 aromatic rings. The molecule has 74 valence electrons. The summed E-state index contributed by atoms with van der Waals surface area (Å²) in [4.78, 5) is 3.93. The van der Waals surface area contributed by atoms with Crippen molar-refractivity contribution in [1.29, 1.82) is 0 Å². The van der Waals surface area contributed by atoms with Crippen LogP contribution in [0.2, 0.25) is 0 Å². The molecule has 4 heteroatoms. The number of aryl methyl sites for hydroxylation is 1. The summed E-state index contributed by atoms with van der Waals surface area (Å²) < 4.78 is 1.91. The second-order valence-electron chi connectivity index (χ2n) is 3.27. The molecule has 4 nitrogen and oxygen atoms in total. The Morgan fingerprint density at radius 1 is 1.31 bits per heavy atom. The van der Waals surface area contributed by atoms with Gasteiger partial charge in [-0.25, -0.2) is 4.98 Å². The molecule has 0 aromatic carbocycles. The van der Waals surface area contributed by atoms with E-state index in [1.807, 2.05) is 4.57 Å². The van der Waals surface area contributed by atoms with Gasteiger partial charge in [-0.05, 0) is 6.42 Å². The summed E-state index contributed by atoms with van der Waals surface area (Å²) >= 11 is 0. The highest BCUT2D eigenvalue weighted by Gasteiger charge is 2.01. The monoisotopic (exact) mass is 182 g/mol. The van der Waals surface area contributed by atoms with E-state index >= 15 is 0 Å². The van der Waals surface area contributed by atoms with Gasteiger partial charge in [0.2, 0.25) is 0 Å². The molecule has 4 N–H and O–H groups in total. The van der Waals surface area contributed by atoms with Crippen LogP contribution in [0, 0.1) is 0 Å². The van der Waals surface area contributed by atoms with Gasteiger partial charge >= 0.3 is 0 Å². The van der Waals surface area contributed by atoms with E-state index in [1.54, 1.807) is 6.33 Å². The minimum absolute atomic E-state index is 0.440. The second kappa shape index (κ2) is 4.74. The third kappa shape index (κ3) is 2.65. The molecule has 0 aliphatic carbocycles. The van der Waals surface area contributed by atoms with Gasteiger partial charge in [-0.3, -0.25) is 0 Å². The summed E-state index contributed by atoms with van der Waals surface area (Å²) in [5, 5.41) is 0. The minimum atomic E-state index is 0.440. The zero-order valence-corrected chi connectivity index (χ0v) is 8.16. The van der Waals surface area contributed by atoms with Crippen molar-refractivity contribution in [1.82, 2.24) is 9.55 Å². The first-order valence-electron chi connectivity index (χ1n) is 4.81. The SMILES string of the molecule is CCCCCCn1cnc(N)c1N. The van der Waals surface area contributed by atoms with Crippen molar-refractivity contribution in [2.45, 2.75) is 39.2 Å². The molecule has 0 bridgehead atoms. The topological polar surface area (TPSA) is 69.9 Å². The Kier molecular flexibility index (Phi) is 3.61. The molecule has 0 radical (unpaired) electrons. The van der Waals surface area contributed by atoms with E-state index in [4.69, 9.17) is 11.5 Å². The average molecular weight is 182 g/mol. The summed E-state index contributed by atoms with van der Waals surface area (Å²) in [6.45, 7) is 3.12. The van der Waals surface area contributed by atoms with E-state index in [9.17, 15) is 0 Å². The van der Waals surface area contributed by atoms with Crippen LogP contribution in [0.3, 0.4) is 0 Å². The molecule has 1 aromatic heterocycles. The predicted octanol–water partition coefficient (Wildman–Crippen LogP) is 1.63. The third-order valence-corrected chi connectivity index (χ3v) is 2.16. The fraction of sp³-hybridized carbons (Fsp3) is 0.667. The molecule has 0 fully saturated rings. The van der Waals surface area contributed by atoms with Crippen molar-refractivity contribution >= 4 is 11.6 Å². The summed E-state index contributed by atoms with van der Waals surface area (Å²) in [6.07, 6.45) is 6.63. The number of aromatic nitrogens is 2. The van der Waals surface area contributed by atoms with Gasteiger partial charge in [0.25, 0.3) is 0 Å². The van der Waals surface area contributed by atoms with Crippen LogP contribution in [-0.2, 0) is 6.54 Å². The Morgan fingerprint density at radius 3 is 2.62 bits per heavy atom. The van der Waals surface area contributed by atoms with Gasteiger partial charge in [0.15, 0.2) is 5.82 Å². The van der Waals surface area contributed by atoms with E-state index in [0.717, 1.165) is 13.0 Å². The zero-order valence-electron chi connectivity index (χ0n) is 8.16. The number of nitrogen functional groups attached to an aromatic ring is 2. The normalized spacial score (nSPS) is 10.5. The number of nitrogens with two attached hydrogens (primary N) is 2. The van der Waals surface area contributed by atoms with Gasteiger partial charge in [-0.2, -0.15) is 0 Å². The lowest BCUT2D eigenvalue weighted by atomic mass is 10.2. The Balaban J connectivity index is 2.32. The van der Waals surface area contributed by atoms with Gasteiger partial charge < -0.3 is 16.0 Å². The number of anilines is 2. The van der Waals surface area contributed by atoms with Crippen LogP contribution in [0.4, 0.5) is 11.6 Å². The first-order chi connectivity index (χ1) is 6.25. The number of unbranched alkanes of at least 4 members (excludes halogenated alkanes) is 3. The van der Waals surface area contributed by atoms with Crippen molar-refractivity contribution in [2.75, 3.05) is 11.5 Å². The highest BCUT2D eigenvalue weighted by Crippen LogP contribution is 2.12. The number of hydrogen-bond donors (Lipinski definition) is 2. The van der Waals surface area contributed by atoms with Crippen molar-refractivity contribution in [3.8, 4) is 0 Å². The Bertz CT molecular complexity index is 254. The third-order valence-electron chi connectivity index (χ3n) is 2.16. The maximum Gasteiger partial charge on any atom is 0.166 e. The van der Waals surface area contributed by atoms with Gasteiger partial charge in [-0.15, -0.1) is 0 Å². The fourth-order valence-corrected chi connectivity index (χ4v) is 1.29. The average Bonchev–Trinajstić information content (AvgIpc) is 2.43. The Hall–Kier alpha value is -1.19. The number of nitrogens with zero attached hydrogens (tertiary/aromatic N) is 2. The molecule has 0 saturated carbocycles. The van der Waals surface area contributed by atoms with Gasteiger partial charge in [0, 0.05) is 6.54 Å². The van der Waals surface area contributed by atoms with E-state index in [2.05, 4.69) is 11.9 Å². The van der Waals surface area contributed by atoms with Gasteiger partial charge in [0.1, 0.15) is 5.82 Å². The standard InChI is InChI=1S/C9H18N4/c1-2-3-4-5-6-13-7-12-8(10)9(13)11/h7H,2-6,10-11H2,1H3. The van der Waals surface area contributed by atoms with Crippen LogP contribution in [0.25, 0.3) is 0 Å². The van der Waals surface area contributed by atoms with Crippen LogP contribution < -0.4 is 11.5 Å². The molecule has 1 heterocycles. The lowest BCUT2D eigenvalue weighted by molar-refractivity contribution is 0.586. The predicted molar refractivity (Wildman–Crippen MR) is 55.2 cm³/mol. The summed E-state index contributed by atoms with van der Waals surface area (Å²) in [5.74, 6) is 1.03. The van der Waals surface area contributed by atoms with Crippen LogP contribution in [0.5, 0.6) is 0 Å². The fourth-order valence-electron chi connectivity index (χ4n) is 1.29. The maximum atomic E-state index is 5.69.